The van der Waals surface area contributed by atoms with Crippen LogP contribution < -0.4 is 5.32 Å². The van der Waals surface area contributed by atoms with Crippen LogP contribution in [-0.2, 0) is 4.79 Å². The van der Waals surface area contributed by atoms with E-state index in [-0.39, 0.29) is 17.8 Å². The summed E-state index contributed by atoms with van der Waals surface area (Å²) in [6, 6.07) is 13.0. The summed E-state index contributed by atoms with van der Waals surface area (Å²) in [4.78, 5) is 26.2. The summed E-state index contributed by atoms with van der Waals surface area (Å²) in [6.07, 6.45) is 1.72. The van der Waals surface area contributed by atoms with E-state index in [9.17, 15) is 9.59 Å². The molecule has 0 aliphatic carbocycles. The molecule has 1 aliphatic rings. The zero-order chi connectivity index (χ0) is 18.0. The van der Waals surface area contributed by atoms with Gasteiger partial charge in [-0.1, -0.05) is 45.7 Å². The second-order valence-electron chi connectivity index (χ2n) is 5.46. The van der Waals surface area contributed by atoms with Gasteiger partial charge in [0.05, 0.1) is 11.6 Å². The highest BCUT2D eigenvalue weighted by Crippen LogP contribution is 2.32. The van der Waals surface area contributed by atoms with Gasteiger partial charge in [-0.3, -0.25) is 14.5 Å². The van der Waals surface area contributed by atoms with Gasteiger partial charge < -0.3 is 5.32 Å². The van der Waals surface area contributed by atoms with Gasteiger partial charge >= 0.3 is 0 Å². The van der Waals surface area contributed by atoms with Crippen LogP contribution in [0, 0.1) is 6.92 Å². The highest BCUT2D eigenvalue weighted by atomic mass is 79.9. The zero-order valence-corrected chi connectivity index (χ0v) is 16.4. The van der Waals surface area contributed by atoms with Crippen molar-refractivity contribution in [2.24, 2.45) is 0 Å². The molecule has 0 unspecified atom stereocenters. The first-order valence-electron chi connectivity index (χ1n) is 7.45. The molecule has 2 aromatic rings. The Morgan fingerprint density at radius 1 is 1.20 bits per heavy atom. The molecule has 1 fully saturated rings. The summed E-state index contributed by atoms with van der Waals surface area (Å²) < 4.78 is 0.957. The first kappa shape index (κ1) is 18.0. The van der Waals surface area contributed by atoms with E-state index in [4.69, 9.17) is 11.6 Å². The highest BCUT2D eigenvalue weighted by molar-refractivity contribution is 9.10. The Morgan fingerprint density at radius 2 is 1.92 bits per heavy atom. The number of benzene rings is 2. The van der Waals surface area contributed by atoms with Crippen LogP contribution in [0.15, 0.2) is 51.8 Å². The maximum Gasteiger partial charge on any atom is 0.295 e. The molecule has 1 saturated heterocycles. The highest BCUT2D eigenvalue weighted by Gasteiger charge is 2.34. The lowest BCUT2D eigenvalue weighted by Gasteiger charge is -2.15. The van der Waals surface area contributed by atoms with Crippen LogP contribution in [0.1, 0.15) is 11.1 Å². The third-order valence-electron chi connectivity index (χ3n) is 3.65. The third-order valence-corrected chi connectivity index (χ3v) is 5.50. The molecule has 0 aromatic heterocycles. The van der Waals surface area contributed by atoms with Crippen LogP contribution >= 0.6 is 39.3 Å². The Morgan fingerprint density at radius 3 is 2.60 bits per heavy atom. The third kappa shape index (κ3) is 4.26. The van der Waals surface area contributed by atoms with Crippen LogP contribution in [0.25, 0.3) is 6.08 Å². The molecule has 128 valence electrons. The summed E-state index contributed by atoms with van der Waals surface area (Å²) in [6.45, 7) is 2.01. The van der Waals surface area contributed by atoms with E-state index in [0.717, 1.165) is 33.0 Å². The van der Waals surface area contributed by atoms with Crippen LogP contribution in [0.3, 0.4) is 0 Å². The topological polar surface area (TPSA) is 49.4 Å². The van der Waals surface area contributed by atoms with Crippen LogP contribution in [0.2, 0.25) is 5.02 Å². The van der Waals surface area contributed by atoms with E-state index < -0.39 is 0 Å². The molecule has 0 atom stereocenters. The number of hydrogen-bond donors (Lipinski definition) is 1. The first-order chi connectivity index (χ1) is 11.9. The number of anilines is 1. The lowest BCUT2D eigenvalue weighted by molar-refractivity contribution is -0.122. The number of nitrogens with zero attached hydrogens (tertiary/aromatic N) is 1. The van der Waals surface area contributed by atoms with E-state index in [2.05, 4.69) is 21.2 Å². The van der Waals surface area contributed by atoms with Gasteiger partial charge in [-0.05, 0) is 60.2 Å². The van der Waals surface area contributed by atoms with Gasteiger partial charge in [-0.25, -0.2) is 0 Å². The van der Waals surface area contributed by atoms with Crippen molar-refractivity contribution >= 4 is 62.2 Å². The molecule has 0 spiro atoms. The van der Waals surface area contributed by atoms with Crippen molar-refractivity contribution in [2.45, 2.75) is 6.92 Å². The lowest BCUT2D eigenvalue weighted by Crippen LogP contribution is -2.33. The Balaban J connectivity index is 1.70. The van der Waals surface area contributed by atoms with Gasteiger partial charge in [-0.2, -0.15) is 0 Å². The zero-order valence-electron chi connectivity index (χ0n) is 13.3. The van der Waals surface area contributed by atoms with Gasteiger partial charge in [0.25, 0.3) is 11.1 Å². The SMILES string of the molecule is Cc1ccc(NCN2C(=O)SC(=Cc3ccc(Br)cc3)C2=O)cc1Cl. The maximum absolute atomic E-state index is 12.5. The fourth-order valence-corrected chi connectivity index (χ4v) is 3.50. The number of carbonyl (C=O) groups excluding carboxylic acids is 2. The number of carbonyl (C=O) groups is 2. The minimum absolute atomic E-state index is 0.0989. The van der Waals surface area contributed by atoms with Crippen LogP contribution in [-0.4, -0.2) is 22.7 Å². The Kier molecular flexibility index (Phi) is 5.51. The molecule has 7 heteroatoms. The maximum atomic E-state index is 12.5. The molecule has 0 bridgehead atoms. The molecule has 0 radical (unpaired) electrons. The van der Waals surface area contributed by atoms with Gasteiger partial charge in [0.2, 0.25) is 0 Å². The average molecular weight is 438 g/mol. The van der Waals surface area contributed by atoms with Gasteiger partial charge in [0, 0.05) is 15.2 Å². The van der Waals surface area contributed by atoms with E-state index in [1.54, 1.807) is 12.1 Å². The van der Waals surface area contributed by atoms with Gasteiger partial charge in [0.1, 0.15) is 0 Å². The molecule has 4 nitrogen and oxygen atoms in total. The number of halogens is 2. The average Bonchev–Trinajstić information content (AvgIpc) is 2.84. The van der Waals surface area contributed by atoms with E-state index in [1.807, 2.05) is 43.3 Å². The van der Waals surface area contributed by atoms with Crippen molar-refractivity contribution in [2.75, 3.05) is 12.0 Å². The number of imide groups is 1. The smallest absolute Gasteiger partial charge is 0.295 e. The van der Waals surface area contributed by atoms with Crippen molar-refractivity contribution in [1.29, 1.82) is 0 Å². The standard InChI is InChI=1S/C18H14BrClN2O2S/c1-11-2-7-14(9-15(11)20)21-10-22-17(23)16(25-18(22)24)8-12-3-5-13(19)6-4-12/h2-9,21H,10H2,1H3. The number of aryl methyl sites for hydroxylation is 1. The minimum atomic E-state index is -0.302. The lowest BCUT2D eigenvalue weighted by atomic mass is 10.2. The van der Waals surface area contributed by atoms with E-state index >= 15 is 0 Å². The number of rotatable bonds is 4. The molecule has 25 heavy (non-hydrogen) atoms. The second kappa shape index (κ2) is 7.64. The molecule has 1 N–H and O–H groups in total. The monoisotopic (exact) mass is 436 g/mol. The summed E-state index contributed by atoms with van der Waals surface area (Å²) in [5, 5.41) is 3.40. The quantitative estimate of drug-likeness (QED) is 0.640. The van der Waals surface area contributed by atoms with Crippen molar-refractivity contribution in [3.8, 4) is 0 Å². The number of thioether (sulfide) groups is 1. The van der Waals surface area contributed by atoms with Gasteiger partial charge in [0.15, 0.2) is 0 Å². The predicted octanol–water partition coefficient (Wildman–Crippen LogP) is 5.52. The van der Waals surface area contributed by atoms with Crippen LogP contribution in [0.5, 0.6) is 0 Å². The predicted molar refractivity (Wildman–Crippen MR) is 107 cm³/mol. The van der Waals surface area contributed by atoms with Crippen LogP contribution in [0.4, 0.5) is 10.5 Å². The van der Waals surface area contributed by atoms with Gasteiger partial charge in [-0.15, -0.1) is 0 Å². The molecular formula is C18H14BrClN2O2S. The van der Waals surface area contributed by atoms with Crippen molar-refractivity contribution in [3.63, 3.8) is 0 Å². The van der Waals surface area contributed by atoms with Crippen molar-refractivity contribution in [3.05, 3.63) is 68.0 Å². The van der Waals surface area contributed by atoms with Crippen molar-refractivity contribution in [1.82, 2.24) is 4.90 Å². The Bertz CT molecular complexity index is 868. The van der Waals surface area contributed by atoms with E-state index in [0.29, 0.717) is 9.93 Å². The number of hydrogen-bond acceptors (Lipinski definition) is 4. The number of nitrogens with one attached hydrogen (secondary N) is 1. The normalized spacial score (nSPS) is 16.0. The molecule has 3 rings (SSSR count). The largest absolute Gasteiger partial charge is 0.367 e. The molecular weight excluding hydrogens is 424 g/mol. The van der Waals surface area contributed by atoms with Crippen molar-refractivity contribution < 1.29 is 9.59 Å². The second-order valence-corrected chi connectivity index (χ2v) is 7.78. The summed E-state index contributed by atoms with van der Waals surface area (Å²) in [7, 11) is 0. The summed E-state index contributed by atoms with van der Waals surface area (Å²) in [5.41, 5.74) is 2.59. The Labute approximate surface area is 163 Å². The molecule has 2 aromatic carbocycles. The first-order valence-corrected chi connectivity index (χ1v) is 9.44. The Hall–Kier alpha value is -1.76. The molecule has 1 aliphatic heterocycles. The summed E-state index contributed by atoms with van der Waals surface area (Å²) in [5.74, 6) is -0.302. The number of amides is 2. The van der Waals surface area contributed by atoms with E-state index in [1.165, 1.54) is 4.90 Å². The molecule has 2 amide bonds. The fourth-order valence-electron chi connectivity index (χ4n) is 2.22. The summed E-state index contributed by atoms with van der Waals surface area (Å²) >= 11 is 10.4. The molecule has 1 heterocycles. The fraction of sp³-hybridized carbons (Fsp3) is 0.111. The molecule has 0 saturated carbocycles. The minimum Gasteiger partial charge on any atom is -0.367 e.